The highest BCUT2D eigenvalue weighted by Crippen LogP contribution is 2.33. The minimum atomic E-state index is -0.933. The molecule has 1 saturated heterocycles. The summed E-state index contributed by atoms with van der Waals surface area (Å²) in [5.41, 5.74) is -0.599. The molecule has 1 aliphatic rings. The van der Waals surface area contributed by atoms with Crippen LogP contribution >= 0.6 is 0 Å². The molecule has 1 aliphatic heterocycles. The molecule has 1 amide bonds. The second kappa shape index (κ2) is 5.19. The van der Waals surface area contributed by atoms with Crippen molar-refractivity contribution in [1.82, 2.24) is 4.90 Å². The standard InChI is InChI=1S/C14H19NO5/c1-14(2,3)20-13(18)15-7-9(10(8-15)12(16)17)11-5-4-6-19-11/h4-6,9-10H,7-8H2,1-3H3,(H,16,17). The zero-order valence-electron chi connectivity index (χ0n) is 11.8. The van der Waals surface area contributed by atoms with E-state index >= 15 is 0 Å². The summed E-state index contributed by atoms with van der Waals surface area (Å²) in [7, 11) is 0. The Kier molecular flexibility index (Phi) is 3.74. The fraction of sp³-hybridized carbons (Fsp3) is 0.571. The van der Waals surface area contributed by atoms with Crippen LogP contribution in [0.1, 0.15) is 32.4 Å². The van der Waals surface area contributed by atoms with Crippen molar-refractivity contribution in [1.29, 1.82) is 0 Å². The average Bonchev–Trinajstić information content (AvgIpc) is 2.95. The fourth-order valence-electron chi connectivity index (χ4n) is 2.32. The van der Waals surface area contributed by atoms with Crippen LogP contribution in [-0.4, -0.2) is 40.8 Å². The van der Waals surface area contributed by atoms with Crippen molar-refractivity contribution in [2.75, 3.05) is 13.1 Å². The van der Waals surface area contributed by atoms with Crippen molar-refractivity contribution < 1.29 is 23.8 Å². The van der Waals surface area contributed by atoms with Crippen LogP contribution in [0, 0.1) is 5.92 Å². The summed E-state index contributed by atoms with van der Waals surface area (Å²) in [6.07, 6.45) is 1.02. The van der Waals surface area contributed by atoms with Gasteiger partial charge in [-0.25, -0.2) is 4.79 Å². The van der Waals surface area contributed by atoms with E-state index in [-0.39, 0.29) is 12.5 Å². The second-order valence-corrected chi connectivity index (χ2v) is 5.95. The van der Waals surface area contributed by atoms with E-state index in [1.807, 2.05) is 0 Å². The Morgan fingerprint density at radius 3 is 2.60 bits per heavy atom. The zero-order chi connectivity index (χ0) is 14.9. The van der Waals surface area contributed by atoms with Gasteiger partial charge in [-0.2, -0.15) is 0 Å². The molecule has 1 aromatic rings. The van der Waals surface area contributed by atoms with E-state index in [9.17, 15) is 14.7 Å². The van der Waals surface area contributed by atoms with Crippen LogP contribution in [0.5, 0.6) is 0 Å². The summed E-state index contributed by atoms with van der Waals surface area (Å²) in [6.45, 7) is 5.76. The number of amides is 1. The molecule has 0 spiro atoms. The molecule has 0 aromatic carbocycles. The Morgan fingerprint density at radius 2 is 2.10 bits per heavy atom. The minimum absolute atomic E-state index is 0.135. The molecule has 0 bridgehead atoms. The molecule has 6 heteroatoms. The molecule has 110 valence electrons. The molecule has 20 heavy (non-hydrogen) atoms. The first kappa shape index (κ1) is 14.4. The number of likely N-dealkylation sites (tertiary alicyclic amines) is 1. The monoisotopic (exact) mass is 281 g/mol. The van der Waals surface area contributed by atoms with E-state index in [1.54, 1.807) is 32.9 Å². The number of nitrogens with zero attached hydrogens (tertiary/aromatic N) is 1. The van der Waals surface area contributed by atoms with Crippen molar-refractivity contribution in [2.45, 2.75) is 32.3 Å². The third-order valence-electron chi connectivity index (χ3n) is 3.20. The summed E-state index contributed by atoms with van der Waals surface area (Å²) in [4.78, 5) is 24.8. The first-order valence-electron chi connectivity index (χ1n) is 6.52. The summed E-state index contributed by atoms with van der Waals surface area (Å²) in [5.74, 6) is -1.36. The second-order valence-electron chi connectivity index (χ2n) is 5.95. The van der Waals surface area contributed by atoms with Crippen LogP contribution in [0.2, 0.25) is 0 Å². The van der Waals surface area contributed by atoms with Crippen LogP contribution in [-0.2, 0) is 9.53 Å². The van der Waals surface area contributed by atoms with Crippen molar-refractivity contribution in [3.05, 3.63) is 24.2 Å². The highest BCUT2D eigenvalue weighted by molar-refractivity contribution is 5.75. The van der Waals surface area contributed by atoms with Crippen LogP contribution in [0.3, 0.4) is 0 Å². The molecule has 2 heterocycles. The summed E-state index contributed by atoms with van der Waals surface area (Å²) in [5, 5.41) is 9.29. The quantitative estimate of drug-likeness (QED) is 0.899. The maximum Gasteiger partial charge on any atom is 0.410 e. The number of furan rings is 1. The lowest BCUT2D eigenvalue weighted by Crippen LogP contribution is -2.35. The third kappa shape index (κ3) is 3.12. The van der Waals surface area contributed by atoms with Crippen molar-refractivity contribution in [3.8, 4) is 0 Å². The van der Waals surface area contributed by atoms with E-state index < -0.39 is 23.6 Å². The number of carbonyl (C=O) groups is 2. The van der Waals surface area contributed by atoms with E-state index in [0.29, 0.717) is 12.3 Å². The first-order chi connectivity index (χ1) is 9.28. The number of rotatable bonds is 2. The van der Waals surface area contributed by atoms with Crippen molar-refractivity contribution >= 4 is 12.1 Å². The molecular weight excluding hydrogens is 262 g/mol. The van der Waals surface area contributed by atoms with Gasteiger partial charge in [0.05, 0.1) is 12.2 Å². The topological polar surface area (TPSA) is 80.0 Å². The molecule has 0 aliphatic carbocycles. The van der Waals surface area contributed by atoms with Crippen molar-refractivity contribution in [2.24, 2.45) is 5.92 Å². The Bertz CT molecular complexity index is 488. The number of carboxylic acid groups (broad SMARTS) is 1. The number of carboxylic acids is 1. The predicted octanol–water partition coefficient (Wildman–Crippen LogP) is 2.31. The van der Waals surface area contributed by atoms with Gasteiger partial charge < -0.3 is 19.2 Å². The number of ether oxygens (including phenoxy) is 1. The molecule has 6 nitrogen and oxygen atoms in total. The smallest absolute Gasteiger partial charge is 0.410 e. The number of hydrogen-bond donors (Lipinski definition) is 1. The predicted molar refractivity (Wildman–Crippen MR) is 70.4 cm³/mol. The van der Waals surface area contributed by atoms with Crippen LogP contribution in [0.15, 0.2) is 22.8 Å². The van der Waals surface area contributed by atoms with Gasteiger partial charge in [0.15, 0.2) is 0 Å². The highest BCUT2D eigenvalue weighted by Gasteiger charge is 2.43. The normalized spacial score (nSPS) is 22.9. The van der Waals surface area contributed by atoms with E-state index in [1.165, 1.54) is 11.2 Å². The molecule has 1 aromatic heterocycles. The van der Waals surface area contributed by atoms with Gasteiger partial charge in [-0.3, -0.25) is 4.79 Å². The van der Waals surface area contributed by atoms with E-state index in [4.69, 9.17) is 9.15 Å². The number of carbonyl (C=O) groups excluding carboxylic acids is 1. The van der Waals surface area contributed by atoms with Crippen LogP contribution < -0.4 is 0 Å². The molecule has 2 unspecified atom stereocenters. The molecule has 2 rings (SSSR count). The Labute approximate surface area is 117 Å². The molecule has 1 N–H and O–H groups in total. The third-order valence-corrected chi connectivity index (χ3v) is 3.20. The van der Waals surface area contributed by atoms with Crippen LogP contribution in [0.4, 0.5) is 4.79 Å². The van der Waals surface area contributed by atoms with E-state index in [0.717, 1.165) is 0 Å². The highest BCUT2D eigenvalue weighted by atomic mass is 16.6. The van der Waals surface area contributed by atoms with Gasteiger partial charge in [0.25, 0.3) is 0 Å². The lowest BCUT2D eigenvalue weighted by molar-refractivity contribution is -0.141. The summed E-state index contributed by atoms with van der Waals surface area (Å²) < 4.78 is 10.6. The van der Waals surface area contributed by atoms with Gasteiger partial charge in [0, 0.05) is 19.0 Å². The molecule has 0 radical (unpaired) electrons. The fourth-order valence-corrected chi connectivity index (χ4v) is 2.32. The minimum Gasteiger partial charge on any atom is -0.481 e. The lowest BCUT2D eigenvalue weighted by Gasteiger charge is -2.24. The maximum absolute atomic E-state index is 12.0. The summed E-state index contributed by atoms with van der Waals surface area (Å²) in [6, 6.07) is 3.45. The molecule has 0 saturated carbocycles. The van der Waals surface area contributed by atoms with E-state index in [2.05, 4.69) is 0 Å². The Balaban J connectivity index is 2.12. The van der Waals surface area contributed by atoms with Gasteiger partial charge in [-0.15, -0.1) is 0 Å². The van der Waals surface area contributed by atoms with Gasteiger partial charge in [-0.05, 0) is 32.9 Å². The zero-order valence-corrected chi connectivity index (χ0v) is 11.8. The Hall–Kier alpha value is -1.98. The first-order valence-corrected chi connectivity index (χ1v) is 6.52. The SMILES string of the molecule is CC(C)(C)OC(=O)N1CC(C(=O)O)C(c2ccco2)C1. The van der Waals surface area contributed by atoms with Gasteiger partial charge in [-0.1, -0.05) is 0 Å². The van der Waals surface area contributed by atoms with Gasteiger partial charge >= 0.3 is 12.1 Å². The number of aliphatic carboxylic acids is 1. The Morgan fingerprint density at radius 1 is 1.40 bits per heavy atom. The summed E-state index contributed by atoms with van der Waals surface area (Å²) >= 11 is 0. The molecule has 2 atom stereocenters. The molecule has 1 fully saturated rings. The van der Waals surface area contributed by atoms with Crippen molar-refractivity contribution in [3.63, 3.8) is 0 Å². The molecular formula is C14H19NO5. The number of hydrogen-bond acceptors (Lipinski definition) is 4. The van der Waals surface area contributed by atoms with Crippen LogP contribution in [0.25, 0.3) is 0 Å². The largest absolute Gasteiger partial charge is 0.481 e. The van der Waals surface area contributed by atoms with Gasteiger partial charge in [0.1, 0.15) is 11.4 Å². The van der Waals surface area contributed by atoms with Gasteiger partial charge in [0.2, 0.25) is 0 Å². The lowest BCUT2D eigenvalue weighted by atomic mass is 9.94. The average molecular weight is 281 g/mol. The maximum atomic E-state index is 12.0.